The van der Waals surface area contributed by atoms with Crippen LogP contribution in [0.5, 0.6) is 11.6 Å². The number of rotatable bonds is 3. The van der Waals surface area contributed by atoms with Gasteiger partial charge in [0.25, 0.3) is 0 Å². The maximum atomic E-state index is 5.93. The summed E-state index contributed by atoms with van der Waals surface area (Å²) in [5, 5.41) is 1.27. The first-order valence-electron chi connectivity index (χ1n) is 7.17. The van der Waals surface area contributed by atoms with Crippen molar-refractivity contribution in [2.45, 2.75) is 33.6 Å². The summed E-state index contributed by atoms with van der Waals surface area (Å²) in [5.41, 5.74) is 2.41. The van der Waals surface area contributed by atoms with Crippen LogP contribution in [0.2, 0.25) is 0 Å². The molecule has 0 saturated carbocycles. The molecule has 3 rings (SSSR count). The molecule has 21 heavy (non-hydrogen) atoms. The van der Waals surface area contributed by atoms with Crippen LogP contribution in [0.4, 0.5) is 0 Å². The molecule has 0 fully saturated rings. The van der Waals surface area contributed by atoms with Crippen molar-refractivity contribution >= 4 is 24.1 Å². The second-order valence-corrected chi connectivity index (χ2v) is 8.13. The summed E-state index contributed by atoms with van der Waals surface area (Å²) in [6, 6.07) is 10.6. The van der Waals surface area contributed by atoms with Crippen molar-refractivity contribution < 1.29 is 4.74 Å². The van der Waals surface area contributed by atoms with Gasteiger partial charge in [-0.3, -0.25) is 0 Å². The normalized spacial score (nSPS) is 11.3. The number of fused-ring (bicyclic) bond motifs is 1. The van der Waals surface area contributed by atoms with E-state index in [2.05, 4.69) is 50.9 Å². The van der Waals surface area contributed by atoms with E-state index in [1.165, 1.54) is 25.2 Å². The summed E-state index contributed by atoms with van der Waals surface area (Å²) in [6.07, 6.45) is 1.97. The van der Waals surface area contributed by atoms with E-state index in [1.54, 1.807) is 0 Å². The molecule has 2 nitrogen and oxygen atoms in total. The van der Waals surface area contributed by atoms with E-state index in [1.807, 2.05) is 18.3 Å². The topological polar surface area (TPSA) is 22.1 Å². The van der Waals surface area contributed by atoms with Gasteiger partial charge in [0.1, 0.15) is 0 Å². The van der Waals surface area contributed by atoms with E-state index in [9.17, 15) is 0 Å². The molecule has 0 radical (unpaired) electrons. The van der Waals surface area contributed by atoms with Crippen LogP contribution < -0.4 is 4.74 Å². The predicted molar refractivity (Wildman–Crippen MR) is 88.8 cm³/mol. The van der Waals surface area contributed by atoms with Gasteiger partial charge in [-0.1, -0.05) is 0 Å². The number of pyridine rings is 1. The third-order valence-corrected chi connectivity index (χ3v) is 6.29. The summed E-state index contributed by atoms with van der Waals surface area (Å²) in [7, 11) is 0. The molecular weight excluding hydrogens is 325 g/mol. The zero-order valence-corrected chi connectivity index (χ0v) is 14.5. The van der Waals surface area contributed by atoms with Crippen molar-refractivity contribution in [3.05, 3.63) is 52.1 Å². The number of nitrogens with zero attached hydrogens (tertiary/aromatic N) is 1. The first-order valence-corrected chi connectivity index (χ1v) is 8.88. The second kappa shape index (κ2) is 5.67. The SMILES string of the molecule is Cc1cc(C)cc(Oc2cc3cc(C(C)C)[se]c3cn2)c1. The fourth-order valence-corrected chi connectivity index (χ4v) is 4.53. The van der Waals surface area contributed by atoms with Gasteiger partial charge < -0.3 is 0 Å². The molecule has 0 saturated heterocycles. The molecule has 0 N–H and O–H groups in total. The second-order valence-electron chi connectivity index (χ2n) is 5.79. The fraction of sp³-hybridized carbons (Fsp3) is 0.278. The van der Waals surface area contributed by atoms with Gasteiger partial charge in [-0.15, -0.1) is 0 Å². The number of ether oxygens (including phenoxy) is 1. The Morgan fingerprint density at radius 1 is 1.00 bits per heavy atom. The Labute approximate surface area is 131 Å². The maximum absolute atomic E-state index is 5.93. The van der Waals surface area contributed by atoms with Gasteiger partial charge >= 0.3 is 131 Å². The van der Waals surface area contributed by atoms with E-state index in [4.69, 9.17) is 4.74 Å². The third kappa shape index (κ3) is 3.20. The predicted octanol–water partition coefficient (Wildman–Crippen LogP) is 4.82. The Morgan fingerprint density at radius 2 is 1.71 bits per heavy atom. The molecule has 0 spiro atoms. The van der Waals surface area contributed by atoms with Crippen molar-refractivity contribution in [1.82, 2.24) is 4.98 Å². The molecule has 108 valence electrons. The molecular formula is C18H19NOSe. The van der Waals surface area contributed by atoms with Crippen LogP contribution in [0, 0.1) is 13.8 Å². The number of hydrogen-bond acceptors (Lipinski definition) is 2. The molecule has 0 aliphatic rings. The minimum absolute atomic E-state index is 0.426. The fourth-order valence-electron chi connectivity index (χ4n) is 2.40. The van der Waals surface area contributed by atoms with Gasteiger partial charge in [0.2, 0.25) is 0 Å². The third-order valence-electron chi connectivity index (χ3n) is 3.38. The molecule has 0 amide bonds. The van der Waals surface area contributed by atoms with Gasteiger partial charge in [-0.25, -0.2) is 0 Å². The average molecular weight is 344 g/mol. The van der Waals surface area contributed by atoms with E-state index >= 15 is 0 Å². The molecule has 0 unspecified atom stereocenters. The van der Waals surface area contributed by atoms with Crippen LogP contribution in [0.3, 0.4) is 0 Å². The van der Waals surface area contributed by atoms with Gasteiger partial charge in [-0.2, -0.15) is 0 Å². The summed E-state index contributed by atoms with van der Waals surface area (Å²) in [5.74, 6) is 2.15. The summed E-state index contributed by atoms with van der Waals surface area (Å²) >= 11 is 0.426. The quantitative estimate of drug-likeness (QED) is 0.635. The molecule has 3 heteroatoms. The van der Waals surface area contributed by atoms with E-state index < -0.39 is 0 Å². The Morgan fingerprint density at radius 3 is 2.38 bits per heavy atom. The molecule has 0 aliphatic carbocycles. The van der Waals surface area contributed by atoms with Crippen LogP contribution in [-0.2, 0) is 0 Å². The van der Waals surface area contributed by atoms with Gasteiger partial charge in [0.05, 0.1) is 0 Å². The monoisotopic (exact) mass is 345 g/mol. The zero-order chi connectivity index (χ0) is 15.0. The van der Waals surface area contributed by atoms with Crippen LogP contribution in [-0.4, -0.2) is 19.5 Å². The van der Waals surface area contributed by atoms with E-state index in [-0.39, 0.29) is 0 Å². The Kier molecular flexibility index (Phi) is 3.88. The Balaban J connectivity index is 1.93. The van der Waals surface area contributed by atoms with Crippen molar-refractivity contribution in [2.24, 2.45) is 0 Å². The molecule has 2 heterocycles. The van der Waals surface area contributed by atoms with E-state index in [0.29, 0.717) is 26.3 Å². The van der Waals surface area contributed by atoms with Crippen LogP contribution in [0.15, 0.2) is 36.5 Å². The molecule has 0 bridgehead atoms. The first kappa shape index (κ1) is 14.4. The van der Waals surface area contributed by atoms with E-state index in [0.717, 1.165) is 5.75 Å². The van der Waals surface area contributed by atoms with Crippen molar-refractivity contribution in [1.29, 1.82) is 0 Å². The van der Waals surface area contributed by atoms with Gasteiger partial charge in [0.15, 0.2) is 0 Å². The standard InChI is InChI=1S/C18H19NOSe/c1-11(2)16-8-14-9-18(19-10-17(14)21-16)20-15-6-12(3)5-13(4)7-15/h5-11H,1-4H3. The number of hydrogen-bond donors (Lipinski definition) is 0. The molecule has 2 aromatic heterocycles. The average Bonchev–Trinajstić information content (AvgIpc) is 2.80. The van der Waals surface area contributed by atoms with Gasteiger partial charge in [0, 0.05) is 0 Å². The van der Waals surface area contributed by atoms with Gasteiger partial charge in [-0.05, 0) is 0 Å². The molecule has 3 aromatic rings. The van der Waals surface area contributed by atoms with Crippen LogP contribution in [0.25, 0.3) is 9.65 Å². The zero-order valence-electron chi connectivity index (χ0n) is 12.8. The summed E-state index contributed by atoms with van der Waals surface area (Å²) < 4.78 is 8.82. The van der Waals surface area contributed by atoms with Crippen molar-refractivity contribution in [2.75, 3.05) is 0 Å². The Bertz CT molecular complexity index is 769. The Hall–Kier alpha value is -1.57. The molecule has 0 aliphatic heterocycles. The number of aryl methyl sites for hydroxylation is 2. The van der Waals surface area contributed by atoms with Crippen molar-refractivity contribution in [3.63, 3.8) is 0 Å². The molecule has 1 aromatic carbocycles. The summed E-state index contributed by atoms with van der Waals surface area (Å²) in [4.78, 5) is 4.46. The molecule has 0 atom stereocenters. The summed E-state index contributed by atoms with van der Waals surface area (Å²) in [6.45, 7) is 8.66. The van der Waals surface area contributed by atoms with Crippen LogP contribution >= 0.6 is 0 Å². The van der Waals surface area contributed by atoms with Crippen molar-refractivity contribution in [3.8, 4) is 11.6 Å². The number of benzene rings is 1. The minimum atomic E-state index is 0.426. The first-order chi connectivity index (χ1) is 10.0. The van der Waals surface area contributed by atoms with Crippen LogP contribution in [0.1, 0.15) is 35.3 Å². The number of aromatic nitrogens is 1.